The summed E-state index contributed by atoms with van der Waals surface area (Å²) in [5, 5.41) is 13.9. The van der Waals surface area contributed by atoms with Crippen LogP contribution < -0.4 is 11.1 Å². The van der Waals surface area contributed by atoms with Gasteiger partial charge in [-0.2, -0.15) is 0 Å². The Labute approximate surface area is 103 Å². The number of hydrogen-bond donors (Lipinski definition) is 2. The second-order valence-corrected chi connectivity index (χ2v) is 5.02. The average Bonchev–Trinajstić information content (AvgIpc) is 2.88. The van der Waals surface area contributed by atoms with Crippen molar-refractivity contribution in [3.05, 3.63) is 22.5 Å². The second-order valence-electron chi connectivity index (χ2n) is 4.13. The summed E-state index contributed by atoms with van der Waals surface area (Å²) < 4.78 is 5.42. The van der Waals surface area contributed by atoms with Gasteiger partial charge in [0, 0.05) is 24.5 Å². The molecule has 2 rings (SSSR count). The Hall–Kier alpha value is -1.47. The Morgan fingerprint density at radius 3 is 2.94 bits per heavy atom. The lowest BCUT2D eigenvalue weighted by atomic mass is 10.1. The van der Waals surface area contributed by atoms with Crippen LogP contribution in [0.5, 0.6) is 0 Å². The van der Waals surface area contributed by atoms with Crippen LogP contribution in [0.15, 0.2) is 16.0 Å². The first-order valence-electron chi connectivity index (χ1n) is 5.32. The number of anilines is 1. The molecule has 0 saturated carbocycles. The van der Waals surface area contributed by atoms with E-state index in [2.05, 4.69) is 20.5 Å². The molecule has 0 fully saturated rings. The zero-order valence-electron chi connectivity index (χ0n) is 9.80. The highest BCUT2D eigenvalue weighted by atomic mass is 32.1. The minimum absolute atomic E-state index is 0.333. The molecular weight excluding hydrogens is 238 g/mol. The fourth-order valence-electron chi connectivity index (χ4n) is 1.38. The molecule has 2 heterocycles. The molecule has 0 aromatic carbocycles. The maximum Gasteiger partial charge on any atom is 0.316 e. The van der Waals surface area contributed by atoms with Crippen molar-refractivity contribution in [2.45, 2.75) is 25.8 Å². The van der Waals surface area contributed by atoms with E-state index in [4.69, 9.17) is 10.2 Å². The lowest BCUT2D eigenvalue weighted by Crippen LogP contribution is -2.27. The van der Waals surface area contributed by atoms with Gasteiger partial charge in [0.25, 0.3) is 0 Å². The SMILES string of the molecule is CC(C)(Nc1nnc(CCN)o1)c1nccs1. The summed E-state index contributed by atoms with van der Waals surface area (Å²) in [6.45, 7) is 4.52. The van der Waals surface area contributed by atoms with Crippen molar-refractivity contribution in [1.82, 2.24) is 15.2 Å². The number of aromatic nitrogens is 3. The van der Waals surface area contributed by atoms with E-state index in [9.17, 15) is 0 Å². The van der Waals surface area contributed by atoms with Crippen LogP contribution in [0.25, 0.3) is 0 Å². The third kappa shape index (κ3) is 2.80. The van der Waals surface area contributed by atoms with Gasteiger partial charge in [-0.1, -0.05) is 5.10 Å². The van der Waals surface area contributed by atoms with E-state index in [1.54, 1.807) is 17.5 Å². The molecule has 0 saturated heterocycles. The minimum Gasteiger partial charge on any atom is -0.408 e. The smallest absolute Gasteiger partial charge is 0.316 e. The lowest BCUT2D eigenvalue weighted by molar-refractivity contribution is 0.481. The molecule has 0 unspecified atom stereocenters. The third-order valence-electron chi connectivity index (χ3n) is 2.21. The Morgan fingerprint density at radius 2 is 2.29 bits per heavy atom. The van der Waals surface area contributed by atoms with Crippen LogP contribution in [0.3, 0.4) is 0 Å². The molecule has 6 nitrogen and oxygen atoms in total. The number of hydrogen-bond acceptors (Lipinski definition) is 7. The van der Waals surface area contributed by atoms with E-state index in [1.807, 2.05) is 19.2 Å². The van der Waals surface area contributed by atoms with Gasteiger partial charge < -0.3 is 15.5 Å². The highest BCUT2D eigenvalue weighted by Crippen LogP contribution is 2.26. The molecule has 0 atom stereocenters. The average molecular weight is 253 g/mol. The van der Waals surface area contributed by atoms with E-state index in [0.717, 1.165) is 5.01 Å². The van der Waals surface area contributed by atoms with Crippen molar-refractivity contribution in [3.8, 4) is 0 Å². The maximum atomic E-state index is 5.42. The fraction of sp³-hybridized carbons (Fsp3) is 0.500. The summed E-state index contributed by atoms with van der Waals surface area (Å²) in [6.07, 6.45) is 2.36. The molecule has 0 aliphatic rings. The number of nitrogens with one attached hydrogen (secondary N) is 1. The molecule has 2 aromatic heterocycles. The van der Waals surface area contributed by atoms with E-state index >= 15 is 0 Å². The molecule has 92 valence electrons. The molecule has 0 amide bonds. The van der Waals surface area contributed by atoms with Gasteiger partial charge in [0.05, 0.1) is 5.54 Å². The maximum absolute atomic E-state index is 5.42. The Kier molecular flexibility index (Phi) is 3.39. The van der Waals surface area contributed by atoms with E-state index < -0.39 is 0 Å². The van der Waals surface area contributed by atoms with Crippen LogP contribution in [0.1, 0.15) is 24.7 Å². The monoisotopic (exact) mass is 253 g/mol. The van der Waals surface area contributed by atoms with Gasteiger partial charge in [0.1, 0.15) is 5.01 Å². The molecule has 0 aliphatic carbocycles. The summed E-state index contributed by atoms with van der Waals surface area (Å²) in [7, 11) is 0. The van der Waals surface area contributed by atoms with Crippen molar-refractivity contribution in [1.29, 1.82) is 0 Å². The van der Waals surface area contributed by atoms with Crippen molar-refractivity contribution in [2.24, 2.45) is 5.73 Å². The minimum atomic E-state index is -0.333. The molecule has 0 spiro atoms. The van der Waals surface area contributed by atoms with E-state index in [1.165, 1.54) is 0 Å². The molecule has 0 aliphatic heterocycles. The summed E-state index contributed by atoms with van der Waals surface area (Å²) >= 11 is 1.58. The van der Waals surface area contributed by atoms with E-state index in [0.29, 0.717) is 24.9 Å². The molecular formula is C10H15N5OS. The van der Waals surface area contributed by atoms with Crippen LogP contribution in [0.4, 0.5) is 6.01 Å². The number of thiazole rings is 1. The summed E-state index contributed by atoms with van der Waals surface area (Å²) in [5.74, 6) is 0.546. The molecule has 0 radical (unpaired) electrons. The molecule has 2 aromatic rings. The van der Waals surface area contributed by atoms with Crippen molar-refractivity contribution >= 4 is 17.4 Å². The zero-order valence-corrected chi connectivity index (χ0v) is 10.6. The number of nitrogens with two attached hydrogens (primary N) is 1. The summed E-state index contributed by atoms with van der Waals surface area (Å²) in [5.41, 5.74) is 5.09. The second kappa shape index (κ2) is 4.80. The Bertz CT molecular complexity index is 465. The van der Waals surface area contributed by atoms with Gasteiger partial charge in [0.15, 0.2) is 0 Å². The normalized spacial score (nSPS) is 11.7. The molecule has 0 bridgehead atoms. The van der Waals surface area contributed by atoms with Crippen molar-refractivity contribution < 1.29 is 4.42 Å². The van der Waals surface area contributed by atoms with Crippen molar-refractivity contribution in [2.75, 3.05) is 11.9 Å². The van der Waals surface area contributed by atoms with Gasteiger partial charge >= 0.3 is 6.01 Å². The fourth-order valence-corrected chi connectivity index (χ4v) is 2.10. The predicted octanol–water partition coefficient (Wildman–Crippen LogP) is 1.37. The lowest BCUT2D eigenvalue weighted by Gasteiger charge is -2.21. The third-order valence-corrected chi connectivity index (χ3v) is 3.31. The Balaban J connectivity index is 2.09. The van der Waals surface area contributed by atoms with Gasteiger partial charge in [-0.3, -0.25) is 0 Å². The van der Waals surface area contributed by atoms with Crippen LogP contribution in [0, 0.1) is 0 Å². The first-order chi connectivity index (χ1) is 8.12. The molecule has 17 heavy (non-hydrogen) atoms. The van der Waals surface area contributed by atoms with Gasteiger partial charge in [-0.15, -0.1) is 16.4 Å². The first-order valence-corrected chi connectivity index (χ1v) is 6.20. The summed E-state index contributed by atoms with van der Waals surface area (Å²) in [4.78, 5) is 4.27. The Morgan fingerprint density at radius 1 is 1.47 bits per heavy atom. The van der Waals surface area contributed by atoms with Gasteiger partial charge in [-0.25, -0.2) is 4.98 Å². The highest BCUT2D eigenvalue weighted by Gasteiger charge is 2.25. The van der Waals surface area contributed by atoms with Crippen LogP contribution >= 0.6 is 11.3 Å². The number of rotatable bonds is 5. The quantitative estimate of drug-likeness (QED) is 0.836. The first kappa shape index (κ1) is 12.0. The molecule has 3 N–H and O–H groups in total. The van der Waals surface area contributed by atoms with E-state index in [-0.39, 0.29) is 5.54 Å². The topological polar surface area (TPSA) is 89.9 Å². The predicted molar refractivity (Wildman–Crippen MR) is 65.8 cm³/mol. The zero-order chi connectivity index (χ0) is 12.3. The van der Waals surface area contributed by atoms with Crippen LogP contribution in [0.2, 0.25) is 0 Å². The van der Waals surface area contributed by atoms with Crippen LogP contribution in [-0.2, 0) is 12.0 Å². The largest absolute Gasteiger partial charge is 0.408 e. The van der Waals surface area contributed by atoms with Crippen LogP contribution in [-0.4, -0.2) is 21.7 Å². The highest BCUT2D eigenvalue weighted by molar-refractivity contribution is 7.09. The molecule has 7 heteroatoms. The standard InChI is InChI=1S/C10H15N5OS/c1-10(2,8-12-5-6-17-8)13-9-15-14-7(16-9)3-4-11/h5-6H,3-4,11H2,1-2H3,(H,13,15). The van der Waals surface area contributed by atoms with Gasteiger partial charge in [-0.05, 0) is 13.8 Å². The number of nitrogens with zero attached hydrogens (tertiary/aromatic N) is 3. The summed E-state index contributed by atoms with van der Waals surface area (Å²) in [6, 6.07) is 0.397. The van der Waals surface area contributed by atoms with Crippen molar-refractivity contribution in [3.63, 3.8) is 0 Å². The van der Waals surface area contributed by atoms with Gasteiger partial charge in [0.2, 0.25) is 5.89 Å².